The summed E-state index contributed by atoms with van der Waals surface area (Å²) in [5.74, 6) is 3.67. The molecule has 15 heteroatoms. The summed E-state index contributed by atoms with van der Waals surface area (Å²) in [6, 6.07) is 35.4. The summed E-state index contributed by atoms with van der Waals surface area (Å²) in [5.41, 5.74) is 4.11. The number of benzene rings is 4. The van der Waals surface area contributed by atoms with E-state index in [4.69, 9.17) is 30.5 Å². The maximum absolute atomic E-state index is 12.9. The molecule has 4 aromatic carbocycles. The largest absolute Gasteiger partial charge is 0.508 e. The van der Waals surface area contributed by atoms with E-state index in [-0.39, 0.29) is 16.9 Å². The van der Waals surface area contributed by atoms with Crippen LogP contribution in [-0.4, -0.2) is 73.7 Å². The van der Waals surface area contributed by atoms with Gasteiger partial charge in [-0.15, -0.1) is 11.6 Å². The number of phenolic OH excluding ortho intramolecular Hbond substituents is 1. The number of hydrogen-bond acceptors (Lipinski definition) is 10. The molecule has 63 heavy (non-hydrogen) atoms. The Bertz CT molecular complexity index is 2770. The molecule has 0 fully saturated rings. The van der Waals surface area contributed by atoms with E-state index in [0.29, 0.717) is 60.1 Å². The summed E-state index contributed by atoms with van der Waals surface area (Å²) in [4.78, 5) is 25.6. The maximum atomic E-state index is 12.9. The molecule has 4 heterocycles. The van der Waals surface area contributed by atoms with Crippen LogP contribution in [-0.2, 0) is 23.6 Å². The van der Waals surface area contributed by atoms with E-state index in [1.165, 1.54) is 16.7 Å². The van der Waals surface area contributed by atoms with Crippen molar-refractivity contribution in [1.82, 2.24) is 28.7 Å². The van der Waals surface area contributed by atoms with Gasteiger partial charge in [0.25, 0.3) is 11.1 Å². The maximum Gasteiger partial charge on any atom is 0.258 e. The Morgan fingerprint density at radius 3 is 1.38 bits per heavy atom. The first kappa shape index (κ1) is 45.1. The minimum Gasteiger partial charge on any atom is -0.508 e. The number of aromatic nitrogens is 6. The van der Waals surface area contributed by atoms with Crippen molar-refractivity contribution in [2.75, 3.05) is 39.9 Å². The zero-order valence-electron chi connectivity index (χ0n) is 35.2. The Kier molecular flexibility index (Phi) is 16.1. The first-order valence-corrected chi connectivity index (χ1v) is 20.2. The van der Waals surface area contributed by atoms with Gasteiger partial charge in [0.1, 0.15) is 41.1 Å². The van der Waals surface area contributed by atoms with E-state index < -0.39 is 0 Å². The topological polar surface area (TPSA) is 146 Å². The second-order valence-corrected chi connectivity index (χ2v) is 14.1. The fourth-order valence-electron chi connectivity index (χ4n) is 6.03. The van der Waals surface area contributed by atoms with Crippen molar-refractivity contribution in [2.24, 2.45) is 14.1 Å². The second kappa shape index (κ2) is 22.5. The van der Waals surface area contributed by atoms with Crippen LogP contribution < -0.4 is 25.3 Å². The number of alkyl halides is 1. The SMILES string of the molecule is COCCCl.COCCOc1ccc(-n2cc(-c3cnn(C)c3)c(Oc3ccccc3)cc2=O)cc1.Cn1cc(-c2cn(-c3ccc(O)cc3)c(=O)cc2Oc2ccccc2)cn1. The Hall–Kier alpha value is -7.39. The molecule has 0 spiro atoms. The smallest absolute Gasteiger partial charge is 0.258 e. The van der Waals surface area contributed by atoms with Crippen LogP contribution in [0.5, 0.6) is 34.5 Å². The highest BCUT2D eigenvalue weighted by Crippen LogP contribution is 2.34. The molecule has 8 aromatic rings. The molecule has 14 nitrogen and oxygen atoms in total. The van der Waals surface area contributed by atoms with Gasteiger partial charge in [0.15, 0.2) is 0 Å². The Balaban J connectivity index is 0.000000191. The van der Waals surface area contributed by atoms with Gasteiger partial charge in [-0.3, -0.25) is 28.1 Å². The molecule has 0 saturated heterocycles. The number of nitrogens with zero attached hydrogens (tertiary/aromatic N) is 6. The highest BCUT2D eigenvalue weighted by molar-refractivity contribution is 6.17. The summed E-state index contributed by atoms with van der Waals surface area (Å²) in [6.45, 7) is 1.63. The molecule has 4 aromatic heterocycles. The van der Waals surface area contributed by atoms with E-state index >= 15 is 0 Å². The lowest BCUT2D eigenvalue weighted by molar-refractivity contribution is 0.146. The summed E-state index contributed by atoms with van der Waals surface area (Å²) in [7, 11) is 6.93. The number of para-hydroxylation sites is 2. The van der Waals surface area contributed by atoms with Gasteiger partial charge in [0.2, 0.25) is 0 Å². The van der Waals surface area contributed by atoms with Gasteiger partial charge >= 0.3 is 0 Å². The normalized spacial score (nSPS) is 10.6. The number of aromatic hydroxyl groups is 1. The third kappa shape index (κ3) is 12.6. The quantitative estimate of drug-likeness (QED) is 0.0832. The van der Waals surface area contributed by atoms with Crippen molar-refractivity contribution in [2.45, 2.75) is 0 Å². The molecule has 0 unspecified atom stereocenters. The second-order valence-electron chi connectivity index (χ2n) is 13.7. The predicted octanol–water partition coefficient (Wildman–Crippen LogP) is 8.66. The molecular weight excluding hydrogens is 824 g/mol. The number of ether oxygens (including phenoxy) is 5. The number of halogens is 1. The molecule has 8 rings (SSSR count). The van der Waals surface area contributed by atoms with Crippen LogP contribution in [0.4, 0.5) is 0 Å². The molecule has 0 aliphatic rings. The fourth-order valence-corrected chi connectivity index (χ4v) is 6.18. The number of pyridine rings is 2. The third-order valence-electron chi connectivity index (χ3n) is 9.09. The van der Waals surface area contributed by atoms with Crippen molar-refractivity contribution in [3.8, 4) is 68.1 Å². The lowest BCUT2D eigenvalue weighted by Gasteiger charge is -2.14. The molecule has 0 amide bonds. The predicted molar refractivity (Wildman–Crippen MR) is 243 cm³/mol. The van der Waals surface area contributed by atoms with Gasteiger partial charge in [0.05, 0.1) is 25.6 Å². The van der Waals surface area contributed by atoms with Gasteiger partial charge in [0, 0.05) is 105 Å². The van der Waals surface area contributed by atoms with Gasteiger partial charge in [-0.25, -0.2) is 0 Å². The highest BCUT2D eigenvalue weighted by atomic mass is 35.5. The van der Waals surface area contributed by atoms with Crippen LogP contribution in [0.15, 0.2) is 168 Å². The van der Waals surface area contributed by atoms with Crippen molar-refractivity contribution < 1.29 is 28.8 Å². The van der Waals surface area contributed by atoms with Crippen LogP contribution in [0.1, 0.15) is 0 Å². The Morgan fingerprint density at radius 1 is 0.556 bits per heavy atom. The fraction of sp³-hybridized carbons (Fsp3) is 0.167. The summed E-state index contributed by atoms with van der Waals surface area (Å²) in [5, 5.41) is 18.0. The van der Waals surface area contributed by atoms with Crippen LogP contribution >= 0.6 is 11.6 Å². The van der Waals surface area contributed by atoms with Crippen molar-refractivity contribution in [3.63, 3.8) is 0 Å². The number of rotatable bonds is 14. The minimum absolute atomic E-state index is 0.142. The van der Waals surface area contributed by atoms with E-state index in [0.717, 1.165) is 27.9 Å². The molecule has 1 N–H and O–H groups in total. The minimum atomic E-state index is -0.237. The van der Waals surface area contributed by atoms with Gasteiger partial charge in [-0.05, 0) is 72.8 Å². The van der Waals surface area contributed by atoms with E-state index in [2.05, 4.69) is 14.9 Å². The average molecular weight is 871 g/mol. The van der Waals surface area contributed by atoms with Crippen LogP contribution in [0, 0.1) is 0 Å². The van der Waals surface area contributed by atoms with Gasteiger partial charge in [-0.2, -0.15) is 10.2 Å². The third-order valence-corrected chi connectivity index (χ3v) is 9.24. The number of methoxy groups -OCH3 is 2. The van der Waals surface area contributed by atoms with Gasteiger partial charge < -0.3 is 28.8 Å². The molecule has 324 valence electrons. The van der Waals surface area contributed by atoms with E-state index in [1.54, 1.807) is 77.2 Å². The monoisotopic (exact) mass is 870 g/mol. The first-order chi connectivity index (χ1) is 30.6. The zero-order valence-corrected chi connectivity index (χ0v) is 36.0. The molecule has 0 atom stereocenters. The lowest BCUT2D eigenvalue weighted by atomic mass is 10.1. The molecule has 0 aliphatic carbocycles. The zero-order chi connectivity index (χ0) is 44.6. The molecule has 0 aliphatic heterocycles. The molecule has 0 radical (unpaired) electrons. The lowest BCUT2D eigenvalue weighted by Crippen LogP contribution is -2.17. The molecular formula is C48H47ClN6O8. The van der Waals surface area contributed by atoms with Crippen LogP contribution in [0.25, 0.3) is 33.6 Å². The van der Waals surface area contributed by atoms with E-state index in [1.807, 2.05) is 111 Å². The average Bonchev–Trinajstić information content (AvgIpc) is 3.94. The Labute approximate surface area is 369 Å². The molecule has 0 bridgehead atoms. The number of hydrogen-bond donors (Lipinski definition) is 1. The standard InChI is InChI=1S/C24H23N3O4.C21H17N3O3.C3H7ClO/c1-26-16-18(15-25-26)22-17-27(19-8-10-20(11-9-19)30-13-12-29-2)24(28)14-23(22)31-21-6-4-3-5-7-21;1-23-13-15(12-22-23)19-14-24(16-7-9-17(25)10-8-16)21(26)11-20(19)27-18-5-3-2-4-6-18;1-5-3-2-4/h3-11,14-17H,12-13H2,1-2H3;2-14,25H,1H3;2-3H2,1H3. The summed E-state index contributed by atoms with van der Waals surface area (Å²) in [6.07, 6.45) is 10.7. The number of aryl methyl sites for hydroxylation is 2. The first-order valence-electron chi connectivity index (χ1n) is 19.7. The number of phenols is 1. The highest BCUT2D eigenvalue weighted by Gasteiger charge is 2.16. The van der Waals surface area contributed by atoms with Crippen LogP contribution in [0.3, 0.4) is 0 Å². The molecule has 0 saturated carbocycles. The van der Waals surface area contributed by atoms with Crippen LogP contribution in [0.2, 0.25) is 0 Å². The summed E-state index contributed by atoms with van der Waals surface area (Å²) < 4.78 is 33.7. The van der Waals surface area contributed by atoms with Gasteiger partial charge in [-0.1, -0.05) is 36.4 Å². The van der Waals surface area contributed by atoms with Crippen molar-refractivity contribution >= 4 is 11.6 Å². The Morgan fingerprint density at radius 2 is 1.00 bits per heavy atom. The summed E-state index contributed by atoms with van der Waals surface area (Å²) >= 11 is 5.18. The van der Waals surface area contributed by atoms with Crippen molar-refractivity contribution in [1.29, 1.82) is 0 Å². The van der Waals surface area contributed by atoms with E-state index in [9.17, 15) is 14.7 Å². The van der Waals surface area contributed by atoms with Crippen molar-refractivity contribution in [3.05, 3.63) is 179 Å².